The molecule has 1 amide bonds. The van der Waals surface area contributed by atoms with E-state index in [1.54, 1.807) is 0 Å². The number of aromatic nitrogens is 3. The molecule has 7 heteroatoms. The molecule has 3 aromatic rings. The molecule has 0 bridgehead atoms. The van der Waals surface area contributed by atoms with E-state index in [1.807, 2.05) is 60.7 Å². The number of thioether (sulfide) groups is 1. The largest absolute Gasteiger partial charge is 0.368 e. The molecule has 2 heterocycles. The average Bonchev–Trinajstić information content (AvgIpc) is 3.16. The van der Waals surface area contributed by atoms with Crippen LogP contribution < -0.4 is 5.73 Å². The number of benzene rings is 2. The van der Waals surface area contributed by atoms with Gasteiger partial charge in [0.05, 0.1) is 6.54 Å². The number of nitrogens with zero attached hydrogens (tertiary/aromatic N) is 4. The Bertz CT molecular complexity index is 938. The van der Waals surface area contributed by atoms with E-state index in [-0.39, 0.29) is 5.91 Å². The number of amides is 1. The minimum Gasteiger partial charge on any atom is -0.368 e. The molecular formula is C22H25N5OS. The molecule has 0 unspecified atom stereocenters. The van der Waals surface area contributed by atoms with E-state index in [4.69, 9.17) is 5.73 Å². The molecule has 2 N–H and O–H groups in total. The van der Waals surface area contributed by atoms with Gasteiger partial charge in [-0.15, -0.1) is 10.2 Å². The number of hydrogen-bond acceptors (Lipinski definition) is 5. The van der Waals surface area contributed by atoms with Crippen LogP contribution in [0.15, 0.2) is 65.8 Å². The number of primary amides is 1. The second-order valence-electron chi connectivity index (χ2n) is 7.22. The second kappa shape index (κ2) is 9.24. The fraction of sp³-hybridized carbons (Fsp3) is 0.318. The molecule has 1 atom stereocenters. The van der Waals surface area contributed by atoms with E-state index >= 15 is 0 Å². The number of hydrogen-bond donors (Lipinski definition) is 1. The number of para-hydroxylation sites is 1. The maximum absolute atomic E-state index is 12.2. The third-order valence-electron chi connectivity index (χ3n) is 5.11. The number of carbonyl (C=O) groups excluding carboxylic acids is 1. The summed E-state index contributed by atoms with van der Waals surface area (Å²) in [5.74, 6) is 0.498. The number of rotatable bonds is 7. The maximum atomic E-state index is 12.2. The highest BCUT2D eigenvalue weighted by Crippen LogP contribution is 2.35. The van der Waals surface area contributed by atoms with Gasteiger partial charge in [0.25, 0.3) is 0 Å². The monoisotopic (exact) mass is 407 g/mol. The molecule has 0 aliphatic carbocycles. The summed E-state index contributed by atoms with van der Waals surface area (Å²) in [4.78, 5) is 14.6. The minimum absolute atomic E-state index is 0.388. The fourth-order valence-corrected chi connectivity index (χ4v) is 4.68. The molecule has 1 aromatic heterocycles. The number of nitrogens with two attached hydrogens (primary N) is 1. The van der Waals surface area contributed by atoms with Gasteiger partial charge in [0.1, 0.15) is 5.25 Å². The molecule has 2 aromatic carbocycles. The van der Waals surface area contributed by atoms with Crippen LogP contribution in [0.5, 0.6) is 0 Å². The van der Waals surface area contributed by atoms with Gasteiger partial charge >= 0.3 is 0 Å². The molecule has 1 fully saturated rings. The first-order valence-electron chi connectivity index (χ1n) is 9.95. The Labute approximate surface area is 175 Å². The molecule has 1 aliphatic heterocycles. The molecule has 0 saturated carbocycles. The zero-order valence-corrected chi connectivity index (χ0v) is 17.1. The summed E-state index contributed by atoms with van der Waals surface area (Å²) in [7, 11) is 0. The third-order valence-corrected chi connectivity index (χ3v) is 6.33. The summed E-state index contributed by atoms with van der Waals surface area (Å²) in [5.41, 5.74) is 7.59. The van der Waals surface area contributed by atoms with Crippen LogP contribution in [-0.4, -0.2) is 38.7 Å². The smallest absolute Gasteiger partial charge is 0.235 e. The number of carbonyl (C=O) groups is 1. The van der Waals surface area contributed by atoms with Crippen LogP contribution in [0.2, 0.25) is 0 Å². The van der Waals surface area contributed by atoms with Gasteiger partial charge in [-0.1, -0.05) is 66.7 Å². The van der Waals surface area contributed by atoms with E-state index in [1.165, 1.54) is 31.0 Å². The molecule has 6 nitrogen and oxygen atoms in total. The normalized spacial score (nSPS) is 15.9. The SMILES string of the molecule is NC(=O)[C@H](Sc1nnc(CN2CCCCC2)n1-c1ccccc1)c1ccccc1. The first-order valence-corrected chi connectivity index (χ1v) is 10.8. The van der Waals surface area contributed by atoms with Crippen molar-refractivity contribution in [2.45, 2.75) is 36.2 Å². The third kappa shape index (κ3) is 4.68. The van der Waals surface area contributed by atoms with Crippen LogP contribution >= 0.6 is 11.8 Å². The summed E-state index contributed by atoms with van der Waals surface area (Å²) in [6, 6.07) is 19.6. The lowest BCUT2D eigenvalue weighted by molar-refractivity contribution is -0.117. The molecular weight excluding hydrogens is 382 g/mol. The van der Waals surface area contributed by atoms with Crippen molar-refractivity contribution in [1.82, 2.24) is 19.7 Å². The molecule has 150 valence electrons. The summed E-state index contributed by atoms with van der Waals surface area (Å²) in [5, 5.41) is 9.09. The molecule has 1 saturated heterocycles. The topological polar surface area (TPSA) is 77.0 Å². The first-order chi connectivity index (χ1) is 14.2. The van der Waals surface area contributed by atoms with E-state index in [9.17, 15) is 4.79 Å². The van der Waals surface area contributed by atoms with Crippen molar-refractivity contribution in [2.75, 3.05) is 13.1 Å². The minimum atomic E-state index is -0.523. The van der Waals surface area contributed by atoms with Crippen molar-refractivity contribution in [1.29, 1.82) is 0 Å². The van der Waals surface area contributed by atoms with Gasteiger partial charge in [-0.3, -0.25) is 14.3 Å². The summed E-state index contributed by atoms with van der Waals surface area (Å²) in [6.07, 6.45) is 3.73. The molecule has 29 heavy (non-hydrogen) atoms. The van der Waals surface area contributed by atoms with Crippen molar-refractivity contribution in [2.24, 2.45) is 5.73 Å². The van der Waals surface area contributed by atoms with Gasteiger partial charge in [0, 0.05) is 5.69 Å². The van der Waals surface area contributed by atoms with Crippen molar-refractivity contribution in [3.63, 3.8) is 0 Å². The fourth-order valence-electron chi connectivity index (χ4n) is 3.66. The molecule has 4 rings (SSSR count). The van der Waals surface area contributed by atoms with Gasteiger partial charge in [0.2, 0.25) is 5.91 Å². The zero-order chi connectivity index (χ0) is 20.1. The second-order valence-corrected chi connectivity index (χ2v) is 8.29. The predicted molar refractivity (Wildman–Crippen MR) is 115 cm³/mol. The Morgan fingerprint density at radius 1 is 0.966 bits per heavy atom. The average molecular weight is 408 g/mol. The van der Waals surface area contributed by atoms with Gasteiger partial charge in [0.15, 0.2) is 11.0 Å². The van der Waals surface area contributed by atoms with Crippen LogP contribution in [0.1, 0.15) is 35.9 Å². The zero-order valence-electron chi connectivity index (χ0n) is 16.3. The Balaban J connectivity index is 1.68. The van der Waals surface area contributed by atoms with E-state index in [2.05, 4.69) is 19.7 Å². The van der Waals surface area contributed by atoms with Crippen molar-refractivity contribution in [3.05, 3.63) is 72.1 Å². The van der Waals surface area contributed by atoms with E-state index in [0.717, 1.165) is 36.7 Å². The Kier molecular flexibility index (Phi) is 6.27. The van der Waals surface area contributed by atoms with Crippen LogP contribution in [0, 0.1) is 0 Å². The van der Waals surface area contributed by atoms with Crippen molar-refractivity contribution < 1.29 is 4.79 Å². The molecule has 0 spiro atoms. The van der Waals surface area contributed by atoms with Crippen LogP contribution in [0.3, 0.4) is 0 Å². The van der Waals surface area contributed by atoms with Crippen LogP contribution in [0.4, 0.5) is 0 Å². The van der Waals surface area contributed by atoms with E-state index in [0.29, 0.717) is 5.16 Å². The quantitative estimate of drug-likeness (QED) is 0.606. The maximum Gasteiger partial charge on any atom is 0.235 e. The highest BCUT2D eigenvalue weighted by atomic mass is 32.2. The summed E-state index contributed by atoms with van der Waals surface area (Å²) in [6.45, 7) is 2.91. The van der Waals surface area contributed by atoms with Crippen LogP contribution in [-0.2, 0) is 11.3 Å². The predicted octanol–water partition coefficient (Wildman–Crippen LogP) is 3.57. The number of piperidine rings is 1. The van der Waals surface area contributed by atoms with Crippen molar-refractivity contribution >= 4 is 17.7 Å². The highest BCUT2D eigenvalue weighted by molar-refractivity contribution is 8.00. The lowest BCUT2D eigenvalue weighted by atomic mass is 10.1. The summed E-state index contributed by atoms with van der Waals surface area (Å²) >= 11 is 1.35. The standard InChI is InChI=1S/C22H25N5OS/c23-21(28)20(17-10-4-1-5-11-17)29-22-25-24-19(16-26-14-8-3-9-15-26)27(22)18-12-6-2-7-13-18/h1-2,4-7,10-13,20H,3,8-9,14-16H2,(H2,23,28)/t20-/m1/s1. The Morgan fingerprint density at radius 3 is 2.28 bits per heavy atom. The molecule has 1 aliphatic rings. The Morgan fingerprint density at radius 2 is 1.62 bits per heavy atom. The van der Waals surface area contributed by atoms with Gasteiger partial charge in [-0.05, 0) is 43.6 Å². The van der Waals surface area contributed by atoms with E-state index < -0.39 is 5.25 Å². The number of likely N-dealkylation sites (tertiary alicyclic amines) is 1. The molecule has 0 radical (unpaired) electrons. The first kappa shape index (κ1) is 19.7. The van der Waals surface area contributed by atoms with Crippen LogP contribution in [0.25, 0.3) is 5.69 Å². The van der Waals surface area contributed by atoms with Crippen molar-refractivity contribution in [3.8, 4) is 5.69 Å². The summed E-state index contributed by atoms with van der Waals surface area (Å²) < 4.78 is 2.05. The lowest BCUT2D eigenvalue weighted by Gasteiger charge is -2.26. The lowest BCUT2D eigenvalue weighted by Crippen LogP contribution is -2.30. The van der Waals surface area contributed by atoms with Gasteiger partial charge in [-0.2, -0.15) is 0 Å². The Hall–Kier alpha value is -2.64. The van der Waals surface area contributed by atoms with Gasteiger partial charge < -0.3 is 5.73 Å². The highest BCUT2D eigenvalue weighted by Gasteiger charge is 2.25. The van der Waals surface area contributed by atoms with Gasteiger partial charge in [-0.25, -0.2) is 0 Å².